The van der Waals surface area contributed by atoms with Gasteiger partial charge in [0, 0.05) is 39.5 Å². The van der Waals surface area contributed by atoms with E-state index >= 15 is 0 Å². The number of benzene rings is 3. The Morgan fingerprint density at radius 3 is 2.63 bits per heavy atom. The lowest BCUT2D eigenvalue weighted by atomic mass is 10.1. The highest BCUT2D eigenvalue weighted by Gasteiger charge is 2.35. The van der Waals surface area contributed by atoms with Gasteiger partial charge in [-0.1, -0.05) is 71.4 Å². The number of ether oxygens (including phenoxy) is 2. The van der Waals surface area contributed by atoms with Crippen LogP contribution in [-0.2, 0) is 16.1 Å². The van der Waals surface area contributed by atoms with Gasteiger partial charge in [0.15, 0.2) is 0 Å². The average molecular weight is 623 g/mol. The number of thiocarbonyl (C=S) groups is 1. The Bertz CT molecular complexity index is 1620. The molecule has 2 aliphatic heterocycles. The Morgan fingerprint density at radius 1 is 1.10 bits per heavy atom. The van der Waals surface area contributed by atoms with Crippen molar-refractivity contribution in [1.29, 1.82) is 0 Å². The third kappa shape index (κ3) is 6.37. The normalized spacial score (nSPS) is 18.0. The number of rotatable bonds is 8. The van der Waals surface area contributed by atoms with Gasteiger partial charge in [0.25, 0.3) is 5.91 Å². The van der Waals surface area contributed by atoms with Crippen molar-refractivity contribution in [3.63, 3.8) is 0 Å². The quantitative estimate of drug-likeness (QED) is 0.148. The Balaban J connectivity index is 1.27. The Kier molecular flexibility index (Phi) is 8.46. The lowest BCUT2D eigenvalue weighted by molar-refractivity contribution is -0.123. The first-order valence-electron chi connectivity index (χ1n) is 13.1. The van der Waals surface area contributed by atoms with Gasteiger partial charge in [-0.15, -0.1) is 0 Å². The predicted molar refractivity (Wildman–Crippen MR) is 169 cm³/mol. The second-order valence-corrected chi connectivity index (χ2v) is 12.2. The summed E-state index contributed by atoms with van der Waals surface area (Å²) in [5, 5.41) is 6.04. The van der Waals surface area contributed by atoms with E-state index in [1.54, 1.807) is 17.0 Å². The highest BCUT2D eigenvalue weighted by atomic mass is 35.5. The van der Waals surface area contributed by atoms with Crippen molar-refractivity contribution in [2.45, 2.75) is 25.6 Å². The summed E-state index contributed by atoms with van der Waals surface area (Å²) >= 11 is 19.2. The minimum absolute atomic E-state index is 0.0321. The van der Waals surface area contributed by atoms with Crippen LogP contribution in [0.3, 0.4) is 0 Å². The fourth-order valence-corrected chi connectivity index (χ4v) is 6.46. The van der Waals surface area contributed by atoms with Gasteiger partial charge in [0.2, 0.25) is 0 Å². The predicted octanol–water partition coefficient (Wildman–Crippen LogP) is 7.81. The zero-order chi connectivity index (χ0) is 28.3. The molecule has 4 aromatic rings. The van der Waals surface area contributed by atoms with Crippen LogP contribution < -0.4 is 4.74 Å². The van der Waals surface area contributed by atoms with Crippen molar-refractivity contribution in [2.24, 2.45) is 0 Å². The van der Waals surface area contributed by atoms with E-state index in [1.807, 2.05) is 77.6 Å². The summed E-state index contributed by atoms with van der Waals surface area (Å²) in [5.74, 6) is 0.595. The second-order valence-electron chi connectivity index (χ2n) is 9.69. The van der Waals surface area contributed by atoms with Gasteiger partial charge >= 0.3 is 0 Å². The molecule has 3 heterocycles. The second kappa shape index (κ2) is 12.4. The average Bonchev–Trinajstić information content (AvgIpc) is 3.71. The molecule has 1 atom stereocenters. The third-order valence-corrected chi connectivity index (χ3v) is 8.84. The van der Waals surface area contributed by atoms with Crippen LogP contribution in [0.2, 0.25) is 10.0 Å². The molecule has 1 amide bonds. The van der Waals surface area contributed by atoms with Crippen molar-refractivity contribution in [3.05, 3.63) is 105 Å². The lowest BCUT2D eigenvalue weighted by Crippen LogP contribution is -2.35. The Hall–Kier alpha value is -3.14. The topological polar surface area (TPSA) is 56.6 Å². The van der Waals surface area contributed by atoms with Crippen molar-refractivity contribution >= 4 is 63.5 Å². The van der Waals surface area contributed by atoms with E-state index in [4.69, 9.17) is 50.0 Å². The maximum Gasteiger partial charge on any atom is 0.266 e. The highest BCUT2D eigenvalue weighted by molar-refractivity contribution is 8.26. The molecule has 3 aromatic carbocycles. The first kappa shape index (κ1) is 28.0. The molecule has 1 aromatic heterocycles. The van der Waals surface area contributed by atoms with Crippen molar-refractivity contribution < 1.29 is 14.3 Å². The summed E-state index contributed by atoms with van der Waals surface area (Å²) in [6.45, 7) is 1.54. The van der Waals surface area contributed by atoms with Crippen LogP contribution >= 0.6 is 47.2 Å². The van der Waals surface area contributed by atoms with E-state index in [0.29, 0.717) is 38.2 Å². The van der Waals surface area contributed by atoms with E-state index in [0.717, 1.165) is 47.5 Å². The van der Waals surface area contributed by atoms with Crippen molar-refractivity contribution in [1.82, 2.24) is 14.7 Å². The van der Waals surface area contributed by atoms with E-state index in [2.05, 4.69) is 0 Å². The van der Waals surface area contributed by atoms with Gasteiger partial charge in [0.05, 0.1) is 28.9 Å². The van der Waals surface area contributed by atoms with Crippen LogP contribution in [-0.4, -0.2) is 44.2 Å². The number of thioether (sulfide) groups is 1. The van der Waals surface area contributed by atoms with Gasteiger partial charge in [-0.3, -0.25) is 9.69 Å². The number of carbonyl (C=O) groups excluding carboxylic acids is 1. The molecule has 0 unspecified atom stereocenters. The molecule has 6 nitrogen and oxygen atoms in total. The molecule has 2 aliphatic rings. The van der Waals surface area contributed by atoms with Gasteiger partial charge in [-0.25, -0.2) is 4.68 Å². The Labute approximate surface area is 257 Å². The van der Waals surface area contributed by atoms with Crippen LogP contribution in [0.1, 0.15) is 24.0 Å². The van der Waals surface area contributed by atoms with Gasteiger partial charge in [-0.05, 0) is 67.4 Å². The third-order valence-electron chi connectivity index (χ3n) is 6.87. The van der Waals surface area contributed by atoms with E-state index in [9.17, 15) is 4.79 Å². The summed E-state index contributed by atoms with van der Waals surface area (Å²) in [6, 6.07) is 22.9. The van der Waals surface area contributed by atoms with Crippen LogP contribution in [0.4, 0.5) is 0 Å². The minimum atomic E-state index is -0.0986. The molecule has 0 spiro atoms. The van der Waals surface area contributed by atoms with E-state index in [1.165, 1.54) is 11.8 Å². The number of nitrogens with zero attached hydrogens (tertiary/aromatic N) is 3. The monoisotopic (exact) mass is 621 g/mol. The molecule has 208 valence electrons. The zero-order valence-corrected chi connectivity index (χ0v) is 25.0. The van der Waals surface area contributed by atoms with Crippen LogP contribution in [0.15, 0.2) is 83.9 Å². The number of halogens is 2. The molecule has 0 aliphatic carbocycles. The maximum absolute atomic E-state index is 13.3. The van der Waals surface area contributed by atoms with Crippen molar-refractivity contribution in [2.75, 3.05) is 13.2 Å². The SMILES string of the molecule is O=C1/C(=C/c2cn(-c3ccccc3)nc2-c2ccc(OCc3ccc(Cl)cc3Cl)cc2)SC(=S)N1C[C@H]1CCCO1. The summed E-state index contributed by atoms with van der Waals surface area (Å²) in [4.78, 5) is 15.6. The molecule has 2 fully saturated rings. The standard InChI is InChI=1S/C31H25Cl2N3O3S2/c32-23-11-8-21(27(33)16-23)19-39-25-12-9-20(10-13-25)29-22(17-36(34-29)24-5-2-1-3-6-24)15-28-30(37)35(31(40)41-28)18-26-7-4-14-38-26/h1-3,5-6,8-13,15-17,26H,4,7,14,18-19H2/b28-15-/t26-/m1/s1. The summed E-state index contributed by atoms with van der Waals surface area (Å²) < 4.78 is 14.1. The van der Waals surface area contributed by atoms with Gasteiger partial charge in [0.1, 0.15) is 16.7 Å². The molecule has 2 saturated heterocycles. The zero-order valence-electron chi connectivity index (χ0n) is 21.8. The number of carbonyl (C=O) groups is 1. The Morgan fingerprint density at radius 2 is 1.90 bits per heavy atom. The molecule has 0 radical (unpaired) electrons. The first-order chi connectivity index (χ1) is 19.9. The molecule has 0 N–H and O–H groups in total. The van der Waals surface area contributed by atoms with Gasteiger partial charge < -0.3 is 9.47 Å². The fourth-order valence-electron chi connectivity index (χ4n) is 4.73. The number of hydrogen-bond donors (Lipinski definition) is 0. The first-order valence-corrected chi connectivity index (χ1v) is 15.1. The van der Waals surface area contributed by atoms with Crippen LogP contribution in [0.5, 0.6) is 5.75 Å². The van der Waals surface area contributed by atoms with Crippen molar-refractivity contribution in [3.8, 4) is 22.7 Å². The fraction of sp³-hybridized carbons (Fsp3) is 0.194. The van der Waals surface area contributed by atoms with E-state index < -0.39 is 0 Å². The highest BCUT2D eigenvalue weighted by Crippen LogP contribution is 2.36. The summed E-state index contributed by atoms with van der Waals surface area (Å²) in [5.41, 5.74) is 4.20. The largest absolute Gasteiger partial charge is 0.489 e. The molecule has 0 bridgehead atoms. The minimum Gasteiger partial charge on any atom is -0.489 e. The maximum atomic E-state index is 13.3. The molecular formula is C31H25Cl2N3O3S2. The molecule has 41 heavy (non-hydrogen) atoms. The smallest absolute Gasteiger partial charge is 0.266 e. The number of hydrogen-bond acceptors (Lipinski definition) is 6. The lowest BCUT2D eigenvalue weighted by Gasteiger charge is -2.18. The number of amides is 1. The molecule has 10 heteroatoms. The molecular weight excluding hydrogens is 597 g/mol. The summed E-state index contributed by atoms with van der Waals surface area (Å²) in [6.07, 6.45) is 5.80. The number of aromatic nitrogens is 2. The van der Waals surface area contributed by atoms with E-state index in [-0.39, 0.29) is 12.0 Å². The molecule has 6 rings (SSSR count). The molecule has 0 saturated carbocycles. The van der Waals surface area contributed by atoms with Gasteiger partial charge in [-0.2, -0.15) is 5.10 Å². The summed E-state index contributed by atoms with van der Waals surface area (Å²) in [7, 11) is 0. The number of para-hydroxylation sites is 1. The van der Waals surface area contributed by atoms with Crippen LogP contribution in [0.25, 0.3) is 23.0 Å². The van der Waals surface area contributed by atoms with Crippen LogP contribution in [0, 0.1) is 0 Å².